The Kier molecular flexibility index (Phi) is 6.68. The van der Waals surface area contributed by atoms with Gasteiger partial charge in [-0.2, -0.15) is 0 Å². The van der Waals surface area contributed by atoms with Crippen LogP contribution >= 0.6 is 0 Å². The van der Waals surface area contributed by atoms with Crippen molar-refractivity contribution >= 4 is 0 Å². The van der Waals surface area contributed by atoms with Gasteiger partial charge in [0.1, 0.15) is 0 Å². The standard InChI is InChI=1S/C18H36/c1-10-15(6)13-17(8,11-2)16(7)18(9,12-3)14(4)5/h14-15H,7,10-13H2,1-6,8-9H3. The summed E-state index contributed by atoms with van der Waals surface area (Å²) in [6, 6.07) is 0. The second kappa shape index (κ2) is 6.78. The van der Waals surface area contributed by atoms with E-state index in [4.69, 9.17) is 0 Å². The summed E-state index contributed by atoms with van der Waals surface area (Å²) < 4.78 is 0. The van der Waals surface area contributed by atoms with Gasteiger partial charge in [-0.25, -0.2) is 0 Å². The highest BCUT2D eigenvalue weighted by atomic mass is 14.4. The van der Waals surface area contributed by atoms with E-state index in [0.29, 0.717) is 11.3 Å². The first-order valence-electron chi connectivity index (χ1n) is 7.87. The Hall–Kier alpha value is -0.260. The second-order valence-corrected chi connectivity index (χ2v) is 7.04. The Morgan fingerprint density at radius 2 is 1.50 bits per heavy atom. The average Bonchev–Trinajstić information content (AvgIpc) is 2.35. The van der Waals surface area contributed by atoms with Crippen LogP contribution in [-0.4, -0.2) is 0 Å². The predicted molar refractivity (Wildman–Crippen MR) is 84.8 cm³/mol. The number of rotatable bonds is 8. The fraction of sp³-hybridized carbons (Fsp3) is 0.889. The first kappa shape index (κ1) is 17.7. The molecular weight excluding hydrogens is 216 g/mol. The van der Waals surface area contributed by atoms with E-state index in [9.17, 15) is 0 Å². The predicted octanol–water partition coefficient (Wildman–Crippen LogP) is 6.47. The zero-order valence-corrected chi connectivity index (χ0v) is 14.2. The molecule has 0 amide bonds. The molecule has 0 saturated carbocycles. The molecule has 0 aliphatic heterocycles. The van der Waals surface area contributed by atoms with Crippen molar-refractivity contribution in [1.29, 1.82) is 0 Å². The van der Waals surface area contributed by atoms with Crippen LogP contribution in [0.15, 0.2) is 12.2 Å². The van der Waals surface area contributed by atoms with Gasteiger partial charge in [-0.3, -0.25) is 0 Å². The van der Waals surface area contributed by atoms with Crippen LogP contribution in [0, 0.1) is 22.7 Å². The molecule has 0 heterocycles. The van der Waals surface area contributed by atoms with Crippen molar-refractivity contribution in [3.05, 3.63) is 12.2 Å². The van der Waals surface area contributed by atoms with E-state index in [2.05, 4.69) is 62.0 Å². The summed E-state index contributed by atoms with van der Waals surface area (Å²) in [5.41, 5.74) is 2.05. The van der Waals surface area contributed by atoms with Gasteiger partial charge in [0, 0.05) is 0 Å². The van der Waals surface area contributed by atoms with E-state index in [1.807, 2.05) is 0 Å². The molecule has 3 atom stereocenters. The summed E-state index contributed by atoms with van der Waals surface area (Å²) in [4.78, 5) is 0. The van der Waals surface area contributed by atoms with Crippen LogP contribution in [0.3, 0.4) is 0 Å². The SMILES string of the molecule is C=C(C(C)(CC)CC(C)CC)C(C)(CC)C(C)C. The van der Waals surface area contributed by atoms with Crippen molar-refractivity contribution in [1.82, 2.24) is 0 Å². The topological polar surface area (TPSA) is 0 Å². The molecule has 0 rings (SSSR count). The third-order valence-corrected chi connectivity index (χ3v) is 5.70. The molecule has 0 bridgehead atoms. The lowest BCUT2D eigenvalue weighted by Crippen LogP contribution is -2.35. The Labute approximate surface area is 116 Å². The molecule has 0 nitrogen and oxygen atoms in total. The van der Waals surface area contributed by atoms with E-state index in [1.54, 1.807) is 0 Å². The largest absolute Gasteiger partial charge is 0.0987 e. The van der Waals surface area contributed by atoms with Crippen molar-refractivity contribution in [3.8, 4) is 0 Å². The van der Waals surface area contributed by atoms with E-state index in [-0.39, 0.29) is 5.41 Å². The lowest BCUT2D eigenvalue weighted by Gasteiger charge is -2.45. The molecule has 0 aromatic rings. The highest BCUT2D eigenvalue weighted by molar-refractivity contribution is 5.19. The maximum absolute atomic E-state index is 4.55. The highest BCUT2D eigenvalue weighted by Gasteiger charge is 2.39. The Morgan fingerprint density at radius 3 is 1.78 bits per heavy atom. The van der Waals surface area contributed by atoms with Gasteiger partial charge in [-0.05, 0) is 41.9 Å². The van der Waals surface area contributed by atoms with E-state index in [1.165, 1.54) is 31.3 Å². The van der Waals surface area contributed by atoms with E-state index < -0.39 is 0 Å². The van der Waals surface area contributed by atoms with Crippen LogP contribution in [0.5, 0.6) is 0 Å². The number of hydrogen-bond donors (Lipinski definition) is 0. The molecule has 0 aromatic heterocycles. The van der Waals surface area contributed by atoms with Crippen molar-refractivity contribution in [2.45, 2.75) is 81.1 Å². The van der Waals surface area contributed by atoms with Crippen LogP contribution in [0.1, 0.15) is 81.1 Å². The summed E-state index contributed by atoms with van der Waals surface area (Å²) in [7, 11) is 0. The summed E-state index contributed by atoms with van der Waals surface area (Å²) in [6.45, 7) is 23.4. The lowest BCUT2D eigenvalue weighted by molar-refractivity contribution is 0.174. The average molecular weight is 252 g/mol. The van der Waals surface area contributed by atoms with Crippen molar-refractivity contribution in [2.75, 3.05) is 0 Å². The second-order valence-electron chi connectivity index (χ2n) is 7.04. The van der Waals surface area contributed by atoms with E-state index in [0.717, 1.165) is 5.92 Å². The van der Waals surface area contributed by atoms with Gasteiger partial charge in [0.2, 0.25) is 0 Å². The molecule has 0 saturated heterocycles. The minimum absolute atomic E-state index is 0.276. The molecule has 0 spiro atoms. The third-order valence-electron chi connectivity index (χ3n) is 5.70. The van der Waals surface area contributed by atoms with Gasteiger partial charge >= 0.3 is 0 Å². The van der Waals surface area contributed by atoms with Gasteiger partial charge < -0.3 is 0 Å². The molecule has 108 valence electrons. The third kappa shape index (κ3) is 3.62. The van der Waals surface area contributed by atoms with Crippen molar-refractivity contribution < 1.29 is 0 Å². The van der Waals surface area contributed by atoms with Crippen molar-refractivity contribution in [2.24, 2.45) is 22.7 Å². The van der Waals surface area contributed by atoms with Crippen LogP contribution in [0.2, 0.25) is 0 Å². The molecule has 0 N–H and O–H groups in total. The quantitative estimate of drug-likeness (QED) is 0.434. The molecule has 0 heteroatoms. The molecule has 3 unspecified atom stereocenters. The molecule has 0 aliphatic rings. The molecule has 0 radical (unpaired) electrons. The van der Waals surface area contributed by atoms with Crippen molar-refractivity contribution in [3.63, 3.8) is 0 Å². The summed E-state index contributed by atoms with van der Waals surface area (Å²) in [5, 5.41) is 0. The maximum atomic E-state index is 4.55. The fourth-order valence-electron chi connectivity index (χ4n) is 3.05. The zero-order chi connectivity index (χ0) is 14.6. The first-order chi connectivity index (χ1) is 8.17. The number of allylic oxidation sites excluding steroid dienone is 1. The minimum Gasteiger partial charge on any atom is -0.0987 e. The zero-order valence-electron chi connectivity index (χ0n) is 14.2. The van der Waals surface area contributed by atoms with Gasteiger partial charge in [-0.1, -0.05) is 74.0 Å². The van der Waals surface area contributed by atoms with Crippen LogP contribution in [0.4, 0.5) is 0 Å². The fourth-order valence-corrected chi connectivity index (χ4v) is 3.05. The highest BCUT2D eigenvalue weighted by Crippen LogP contribution is 2.50. The maximum Gasteiger partial charge on any atom is -0.00933 e. The summed E-state index contributed by atoms with van der Waals surface area (Å²) >= 11 is 0. The Morgan fingerprint density at radius 1 is 1.00 bits per heavy atom. The Balaban J connectivity index is 5.21. The molecule has 0 fully saturated rings. The van der Waals surface area contributed by atoms with Crippen LogP contribution < -0.4 is 0 Å². The van der Waals surface area contributed by atoms with Gasteiger partial charge in [0.05, 0.1) is 0 Å². The monoisotopic (exact) mass is 252 g/mol. The lowest BCUT2D eigenvalue weighted by atomic mass is 9.59. The van der Waals surface area contributed by atoms with Crippen LogP contribution in [0.25, 0.3) is 0 Å². The summed E-state index contributed by atoms with van der Waals surface area (Å²) in [6.07, 6.45) is 4.95. The Bertz CT molecular complexity index is 263. The van der Waals surface area contributed by atoms with Crippen LogP contribution in [-0.2, 0) is 0 Å². The van der Waals surface area contributed by atoms with Gasteiger partial charge in [0.25, 0.3) is 0 Å². The number of hydrogen-bond acceptors (Lipinski definition) is 0. The normalized spacial score (nSPS) is 20.3. The smallest absolute Gasteiger partial charge is 0.00933 e. The van der Waals surface area contributed by atoms with Gasteiger partial charge in [-0.15, -0.1) is 0 Å². The summed E-state index contributed by atoms with van der Waals surface area (Å²) in [5.74, 6) is 1.46. The molecular formula is C18H36. The molecule has 0 aliphatic carbocycles. The molecule has 0 aromatic carbocycles. The van der Waals surface area contributed by atoms with E-state index >= 15 is 0 Å². The van der Waals surface area contributed by atoms with Gasteiger partial charge in [0.15, 0.2) is 0 Å². The first-order valence-corrected chi connectivity index (χ1v) is 7.87. The minimum atomic E-state index is 0.276. The molecule has 18 heavy (non-hydrogen) atoms.